The first kappa shape index (κ1) is 10.8. The van der Waals surface area contributed by atoms with Gasteiger partial charge in [-0.3, -0.25) is 0 Å². The van der Waals surface area contributed by atoms with Crippen LogP contribution in [-0.4, -0.2) is 16.6 Å². The fraction of sp³-hybridized carbons (Fsp3) is 0.231. The zero-order valence-corrected chi connectivity index (χ0v) is 9.11. The van der Waals surface area contributed by atoms with E-state index in [-0.39, 0.29) is 0 Å². The number of hydrogen-bond donors (Lipinski definition) is 3. The van der Waals surface area contributed by atoms with E-state index >= 15 is 0 Å². The van der Waals surface area contributed by atoms with Crippen molar-refractivity contribution in [3.05, 3.63) is 53.9 Å². The van der Waals surface area contributed by atoms with Crippen molar-refractivity contribution in [3.63, 3.8) is 0 Å². The van der Waals surface area contributed by atoms with E-state index in [0.717, 1.165) is 25.1 Å². The summed E-state index contributed by atoms with van der Waals surface area (Å²) in [7, 11) is 0. The summed E-state index contributed by atoms with van der Waals surface area (Å²) < 4.78 is 0. The molecule has 16 heavy (non-hydrogen) atoms. The molecule has 0 spiro atoms. The van der Waals surface area contributed by atoms with Gasteiger partial charge in [-0.2, -0.15) is 0 Å². The Labute approximate surface area is 95.1 Å². The highest BCUT2D eigenvalue weighted by atomic mass is 16.3. The van der Waals surface area contributed by atoms with Crippen LogP contribution >= 0.6 is 0 Å². The molecule has 0 atom stereocenters. The number of nitrogens with one attached hydrogen (secondary N) is 2. The molecule has 2 rings (SSSR count). The summed E-state index contributed by atoms with van der Waals surface area (Å²) in [5.74, 6) is 0.381. The van der Waals surface area contributed by atoms with Crippen LogP contribution in [0.25, 0.3) is 0 Å². The monoisotopic (exact) mass is 216 g/mol. The third kappa shape index (κ3) is 2.87. The number of aromatic amines is 1. The largest absolute Gasteiger partial charge is 0.508 e. The lowest BCUT2D eigenvalue weighted by Crippen LogP contribution is -2.16. The highest BCUT2D eigenvalue weighted by Gasteiger charge is 1.98. The molecule has 0 unspecified atom stereocenters. The van der Waals surface area contributed by atoms with Crippen molar-refractivity contribution in [2.24, 2.45) is 0 Å². The first-order chi connectivity index (χ1) is 7.86. The molecule has 1 aromatic heterocycles. The molecule has 0 radical (unpaired) electrons. The molecule has 0 saturated carbocycles. The molecular weight excluding hydrogens is 200 g/mol. The van der Waals surface area contributed by atoms with Gasteiger partial charge in [0, 0.05) is 18.9 Å². The van der Waals surface area contributed by atoms with E-state index in [9.17, 15) is 5.11 Å². The molecule has 1 aromatic carbocycles. The van der Waals surface area contributed by atoms with Crippen LogP contribution < -0.4 is 5.32 Å². The third-order valence-electron chi connectivity index (χ3n) is 2.55. The van der Waals surface area contributed by atoms with Gasteiger partial charge in [-0.05, 0) is 36.2 Å². The number of aromatic nitrogens is 1. The van der Waals surface area contributed by atoms with E-state index in [2.05, 4.69) is 10.3 Å². The second kappa shape index (κ2) is 5.37. The average Bonchev–Trinajstić information content (AvgIpc) is 2.79. The molecule has 0 aliphatic carbocycles. The van der Waals surface area contributed by atoms with E-state index in [4.69, 9.17) is 0 Å². The summed E-state index contributed by atoms with van der Waals surface area (Å²) in [6.07, 6.45) is 4.74. The lowest BCUT2D eigenvalue weighted by Gasteiger charge is -2.05. The predicted molar refractivity (Wildman–Crippen MR) is 64.3 cm³/mol. The number of benzene rings is 1. The molecule has 2 aromatic rings. The number of rotatable bonds is 5. The Morgan fingerprint density at radius 3 is 2.81 bits per heavy atom. The van der Waals surface area contributed by atoms with Crippen LogP contribution in [0.3, 0.4) is 0 Å². The Hall–Kier alpha value is -1.74. The first-order valence-corrected chi connectivity index (χ1v) is 5.45. The van der Waals surface area contributed by atoms with Gasteiger partial charge in [0.15, 0.2) is 0 Å². The third-order valence-corrected chi connectivity index (χ3v) is 2.55. The Morgan fingerprint density at radius 1 is 1.19 bits per heavy atom. The van der Waals surface area contributed by atoms with Gasteiger partial charge in [-0.15, -0.1) is 0 Å². The van der Waals surface area contributed by atoms with Gasteiger partial charge in [-0.1, -0.05) is 18.2 Å². The summed E-state index contributed by atoms with van der Waals surface area (Å²) in [6.45, 7) is 1.72. The van der Waals surface area contributed by atoms with Gasteiger partial charge >= 0.3 is 0 Å². The topological polar surface area (TPSA) is 48.0 Å². The van der Waals surface area contributed by atoms with Crippen molar-refractivity contribution in [3.8, 4) is 5.75 Å². The van der Waals surface area contributed by atoms with E-state index in [1.54, 1.807) is 6.07 Å². The molecule has 3 heteroatoms. The summed E-state index contributed by atoms with van der Waals surface area (Å²) in [5.41, 5.74) is 2.24. The Balaban J connectivity index is 1.74. The van der Waals surface area contributed by atoms with Gasteiger partial charge in [0.05, 0.1) is 0 Å². The minimum Gasteiger partial charge on any atom is -0.508 e. The van der Waals surface area contributed by atoms with Crippen molar-refractivity contribution < 1.29 is 5.11 Å². The maximum absolute atomic E-state index is 9.56. The Morgan fingerprint density at radius 2 is 2.06 bits per heavy atom. The maximum atomic E-state index is 9.56. The quantitative estimate of drug-likeness (QED) is 0.670. The zero-order valence-electron chi connectivity index (χ0n) is 9.11. The highest BCUT2D eigenvalue weighted by molar-refractivity contribution is 5.31. The molecular formula is C13H16N2O. The predicted octanol–water partition coefficient (Wildman–Crippen LogP) is 2.05. The normalized spacial score (nSPS) is 10.5. The minimum atomic E-state index is 0.381. The van der Waals surface area contributed by atoms with Crippen LogP contribution in [0.1, 0.15) is 11.1 Å². The first-order valence-electron chi connectivity index (χ1n) is 5.45. The number of hydrogen-bond acceptors (Lipinski definition) is 2. The van der Waals surface area contributed by atoms with Crippen molar-refractivity contribution in [2.45, 2.75) is 13.0 Å². The molecule has 3 N–H and O–H groups in total. The van der Waals surface area contributed by atoms with Crippen molar-refractivity contribution in [1.29, 1.82) is 0 Å². The molecule has 0 saturated heterocycles. The molecule has 0 bridgehead atoms. The van der Waals surface area contributed by atoms with Crippen LogP contribution in [0.15, 0.2) is 42.7 Å². The molecule has 3 nitrogen and oxygen atoms in total. The van der Waals surface area contributed by atoms with E-state index in [0.29, 0.717) is 5.75 Å². The lowest BCUT2D eigenvalue weighted by molar-refractivity contribution is 0.467. The zero-order chi connectivity index (χ0) is 11.2. The van der Waals surface area contributed by atoms with E-state index < -0.39 is 0 Å². The van der Waals surface area contributed by atoms with Crippen molar-refractivity contribution in [1.82, 2.24) is 10.3 Å². The second-order valence-electron chi connectivity index (χ2n) is 3.77. The van der Waals surface area contributed by atoms with Crippen molar-refractivity contribution >= 4 is 0 Å². The molecule has 84 valence electrons. The number of phenolic OH excluding ortho intramolecular Hbond substituents is 1. The second-order valence-corrected chi connectivity index (χ2v) is 3.77. The summed E-state index contributed by atoms with van der Waals surface area (Å²) >= 11 is 0. The minimum absolute atomic E-state index is 0.381. The van der Waals surface area contributed by atoms with E-state index in [1.165, 1.54) is 5.56 Å². The van der Waals surface area contributed by atoms with Gasteiger partial charge in [0.1, 0.15) is 5.75 Å². The molecule has 0 aliphatic heterocycles. The van der Waals surface area contributed by atoms with Gasteiger partial charge < -0.3 is 15.4 Å². The van der Waals surface area contributed by atoms with Crippen LogP contribution in [-0.2, 0) is 13.0 Å². The number of phenols is 1. The number of para-hydroxylation sites is 1. The van der Waals surface area contributed by atoms with Gasteiger partial charge in [-0.25, -0.2) is 0 Å². The standard InChI is InChI=1S/C13H16N2O/c16-13-4-2-1-3-12(13)6-8-15-10-11-5-7-14-9-11/h1-5,7,9,14-16H,6,8,10H2. The summed E-state index contributed by atoms with van der Waals surface area (Å²) in [4.78, 5) is 3.02. The molecule has 1 heterocycles. The van der Waals surface area contributed by atoms with E-state index in [1.807, 2.05) is 36.7 Å². The Kier molecular flexibility index (Phi) is 3.62. The fourth-order valence-electron chi connectivity index (χ4n) is 1.65. The SMILES string of the molecule is Oc1ccccc1CCNCc1cc[nH]c1. The van der Waals surface area contributed by atoms with Gasteiger partial charge in [0.25, 0.3) is 0 Å². The smallest absolute Gasteiger partial charge is 0.118 e. The highest BCUT2D eigenvalue weighted by Crippen LogP contribution is 2.15. The maximum Gasteiger partial charge on any atom is 0.118 e. The number of aromatic hydroxyl groups is 1. The van der Waals surface area contributed by atoms with Crippen molar-refractivity contribution in [2.75, 3.05) is 6.54 Å². The molecule has 0 fully saturated rings. The van der Waals surface area contributed by atoms with Crippen LogP contribution in [0.4, 0.5) is 0 Å². The van der Waals surface area contributed by atoms with Crippen LogP contribution in [0.2, 0.25) is 0 Å². The van der Waals surface area contributed by atoms with Crippen LogP contribution in [0, 0.1) is 0 Å². The summed E-state index contributed by atoms with van der Waals surface area (Å²) in [5, 5.41) is 12.9. The lowest BCUT2D eigenvalue weighted by atomic mass is 10.1. The molecule has 0 aliphatic rings. The average molecular weight is 216 g/mol. The Bertz CT molecular complexity index is 423. The number of H-pyrrole nitrogens is 1. The van der Waals surface area contributed by atoms with Gasteiger partial charge in [0.2, 0.25) is 0 Å². The summed E-state index contributed by atoms with van der Waals surface area (Å²) in [6, 6.07) is 9.51. The fourth-order valence-corrected chi connectivity index (χ4v) is 1.65. The van der Waals surface area contributed by atoms with Crippen LogP contribution in [0.5, 0.6) is 5.75 Å². The molecule has 0 amide bonds.